The van der Waals surface area contributed by atoms with Crippen molar-refractivity contribution in [1.29, 1.82) is 0 Å². The van der Waals surface area contributed by atoms with Crippen LogP contribution in [0.5, 0.6) is 0 Å². The number of hydrogen-bond donors (Lipinski definition) is 2. The molecule has 116 valence electrons. The maximum absolute atomic E-state index is 5.90. The Hall–Kier alpha value is -0.120. The second-order valence-corrected chi connectivity index (χ2v) is 6.08. The molecule has 0 radical (unpaired) electrons. The zero-order chi connectivity index (χ0) is 14.9. The van der Waals surface area contributed by atoms with E-state index in [-0.39, 0.29) is 5.54 Å². The normalized spacial score (nSPS) is 15.8. The van der Waals surface area contributed by atoms with Crippen LogP contribution < -0.4 is 11.3 Å². The molecule has 0 aliphatic rings. The Balaban J connectivity index is 4.85. The van der Waals surface area contributed by atoms with Crippen LogP contribution in [0.3, 0.4) is 0 Å². The molecular weight excluding hydrogens is 234 g/mol. The third-order valence-electron chi connectivity index (χ3n) is 5.08. The number of nitrogens with zero attached hydrogens (tertiary/aromatic N) is 1. The number of nitrogens with one attached hydrogen (secondary N) is 1. The highest BCUT2D eigenvalue weighted by atomic mass is 15.3. The zero-order valence-corrected chi connectivity index (χ0v) is 14.1. The van der Waals surface area contributed by atoms with Gasteiger partial charge >= 0.3 is 0 Å². The Kier molecular flexibility index (Phi) is 9.67. The molecule has 0 rings (SSSR count). The first-order valence-corrected chi connectivity index (χ1v) is 8.15. The van der Waals surface area contributed by atoms with Crippen LogP contribution in [-0.2, 0) is 0 Å². The van der Waals surface area contributed by atoms with Crippen LogP contribution in [0, 0.1) is 5.92 Å². The molecule has 19 heavy (non-hydrogen) atoms. The minimum absolute atomic E-state index is 0.175. The molecule has 0 aromatic heterocycles. The van der Waals surface area contributed by atoms with Crippen molar-refractivity contribution in [2.75, 3.05) is 14.1 Å². The molecule has 0 aliphatic heterocycles. The van der Waals surface area contributed by atoms with Gasteiger partial charge in [0.25, 0.3) is 0 Å². The smallest absolute Gasteiger partial charge is 0.0396 e. The van der Waals surface area contributed by atoms with Gasteiger partial charge in [-0.3, -0.25) is 11.3 Å². The molecule has 2 unspecified atom stereocenters. The molecule has 0 saturated heterocycles. The Labute approximate surface area is 121 Å². The summed E-state index contributed by atoms with van der Waals surface area (Å²) in [5, 5.41) is 0. The first kappa shape index (κ1) is 18.9. The Morgan fingerprint density at radius 1 is 1.11 bits per heavy atom. The van der Waals surface area contributed by atoms with Gasteiger partial charge in [0.2, 0.25) is 0 Å². The van der Waals surface area contributed by atoms with Crippen molar-refractivity contribution in [1.82, 2.24) is 10.3 Å². The van der Waals surface area contributed by atoms with Gasteiger partial charge in [0, 0.05) is 11.6 Å². The average Bonchev–Trinajstić information content (AvgIpc) is 2.42. The van der Waals surface area contributed by atoms with E-state index in [0.717, 1.165) is 18.8 Å². The standard InChI is InChI=1S/C16H37N3/c1-7-11-12-14(8-2)13-15(18-17)16(9-3,10-4)19(5)6/h14-15,18H,7-13,17H2,1-6H3. The SMILES string of the molecule is CCCCC(CC)CC(NN)C(CC)(CC)N(C)C. The number of nitrogens with two attached hydrogens (primary N) is 1. The number of unbranched alkanes of at least 4 members (excludes halogenated alkanes) is 1. The van der Waals surface area contributed by atoms with Crippen LogP contribution in [0.1, 0.15) is 72.6 Å². The fourth-order valence-corrected chi connectivity index (χ4v) is 3.44. The number of rotatable bonds is 11. The molecule has 0 spiro atoms. The van der Waals surface area contributed by atoms with Gasteiger partial charge in [-0.25, -0.2) is 0 Å². The van der Waals surface area contributed by atoms with Crippen LogP contribution in [0.25, 0.3) is 0 Å². The van der Waals surface area contributed by atoms with Crippen molar-refractivity contribution < 1.29 is 0 Å². The van der Waals surface area contributed by atoms with Crippen molar-refractivity contribution in [2.24, 2.45) is 11.8 Å². The van der Waals surface area contributed by atoms with E-state index in [9.17, 15) is 0 Å². The van der Waals surface area contributed by atoms with Gasteiger partial charge in [0.05, 0.1) is 0 Å². The van der Waals surface area contributed by atoms with E-state index in [1.165, 1.54) is 32.1 Å². The summed E-state index contributed by atoms with van der Waals surface area (Å²) in [6.07, 6.45) is 8.68. The van der Waals surface area contributed by atoms with Crippen molar-refractivity contribution in [3.8, 4) is 0 Å². The van der Waals surface area contributed by atoms with Crippen molar-refractivity contribution >= 4 is 0 Å². The van der Waals surface area contributed by atoms with E-state index < -0.39 is 0 Å². The molecule has 0 heterocycles. The van der Waals surface area contributed by atoms with Gasteiger partial charge in [0.15, 0.2) is 0 Å². The van der Waals surface area contributed by atoms with E-state index in [1.807, 2.05) is 0 Å². The molecule has 3 N–H and O–H groups in total. The van der Waals surface area contributed by atoms with Gasteiger partial charge in [-0.2, -0.15) is 0 Å². The fourth-order valence-electron chi connectivity index (χ4n) is 3.44. The second-order valence-electron chi connectivity index (χ2n) is 6.08. The first-order chi connectivity index (χ1) is 9.02. The average molecular weight is 271 g/mol. The van der Waals surface area contributed by atoms with Crippen molar-refractivity contribution in [2.45, 2.75) is 84.2 Å². The summed E-state index contributed by atoms with van der Waals surface area (Å²) >= 11 is 0. The van der Waals surface area contributed by atoms with E-state index in [4.69, 9.17) is 5.84 Å². The summed E-state index contributed by atoms with van der Waals surface area (Å²) in [6.45, 7) is 9.14. The number of likely N-dealkylation sites (N-methyl/N-ethyl adjacent to an activating group) is 1. The predicted molar refractivity (Wildman–Crippen MR) is 86.0 cm³/mol. The minimum Gasteiger partial charge on any atom is -0.302 e. The lowest BCUT2D eigenvalue weighted by Crippen LogP contribution is -2.60. The largest absolute Gasteiger partial charge is 0.302 e. The lowest BCUT2D eigenvalue weighted by molar-refractivity contribution is 0.0743. The zero-order valence-electron chi connectivity index (χ0n) is 14.1. The van der Waals surface area contributed by atoms with Crippen LogP contribution in [0.15, 0.2) is 0 Å². The molecule has 0 bridgehead atoms. The maximum atomic E-state index is 5.90. The van der Waals surface area contributed by atoms with Crippen molar-refractivity contribution in [3.63, 3.8) is 0 Å². The summed E-state index contributed by atoms with van der Waals surface area (Å²) in [4.78, 5) is 2.37. The van der Waals surface area contributed by atoms with Crippen LogP contribution >= 0.6 is 0 Å². The molecule has 0 saturated carbocycles. The summed E-state index contributed by atoms with van der Waals surface area (Å²) in [7, 11) is 4.37. The van der Waals surface area contributed by atoms with Gasteiger partial charge in [0.1, 0.15) is 0 Å². The molecule has 2 atom stereocenters. The van der Waals surface area contributed by atoms with Gasteiger partial charge in [-0.15, -0.1) is 0 Å². The number of hydrazine groups is 1. The van der Waals surface area contributed by atoms with E-state index in [0.29, 0.717) is 6.04 Å². The first-order valence-electron chi connectivity index (χ1n) is 8.15. The van der Waals surface area contributed by atoms with Gasteiger partial charge < -0.3 is 4.90 Å². The summed E-state index contributed by atoms with van der Waals surface area (Å²) in [5.41, 5.74) is 3.30. The number of hydrogen-bond acceptors (Lipinski definition) is 3. The Morgan fingerprint density at radius 3 is 2.00 bits per heavy atom. The highest BCUT2D eigenvalue weighted by molar-refractivity contribution is 4.96. The van der Waals surface area contributed by atoms with Crippen molar-refractivity contribution in [3.05, 3.63) is 0 Å². The molecule has 0 aromatic carbocycles. The molecule has 0 aliphatic carbocycles. The second kappa shape index (κ2) is 9.73. The molecule has 3 heteroatoms. The summed E-state index contributed by atoms with van der Waals surface area (Å²) in [6, 6.07) is 0.374. The van der Waals surface area contributed by atoms with Crippen LogP contribution in [-0.4, -0.2) is 30.6 Å². The van der Waals surface area contributed by atoms with E-state index in [1.54, 1.807) is 0 Å². The van der Waals surface area contributed by atoms with Crippen LogP contribution in [0.4, 0.5) is 0 Å². The lowest BCUT2D eigenvalue weighted by Gasteiger charge is -2.46. The Bertz CT molecular complexity index is 212. The monoisotopic (exact) mass is 271 g/mol. The molecular formula is C16H37N3. The van der Waals surface area contributed by atoms with Crippen LogP contribution in [0.2, 0.25) is 0 Å². The van der Waals surface area contributed by atoms with E-state index in [2.05, 4.69) is 52.1 Å². The summed E-state index contributed by atoms with van der Waals surface area (Å²) < 4.78 is 0. The maximum Gasteiger partial charge on any atom is 0.0396 e. The highest BCUT2D eigenvalue weighted by Gasteiger charge is 2.37. The van der Waals surface area contributed by atoms with E-state index >= 15 is 0 Å². The molecule has 0 fully saturated rings. The predicted octanol–water partition coefficient (Wildman–Crippen LogP) is 3.55. The molecule has 0 amide bonds. The fraction of sp³-hybridized carbons (Fsp3) is 1.00. The Morgan fingerprint density at radius 2 is 1.68 bits per heavy atom. The molecule has 0 aromatic rings. The highest BCUT2D eigenvalue weighted by Crippen LogP contribution is 2.31. The topological polar surface area (TPSA) is 41.3 Å². The molecule has 3 nitrogen and oxygen atoms in total. The quantitative estimate of drug-likeness (QED) is 0.446. The lowest BCUT2D eigenvalue weighted by atomic mass is 9.78. The summed E-state index contributed by atoms with van der Waals surface area (Å²) in [5.74, 6) is 6.69. The van der Waals surface area contributed by atoms with Gasteiger partial charge in [-0.1, -0.05) is 53.4 Å². The third-order valence-corrected chi connectivity index (χ3v) is 5.08. The van der Waals surface area contributed by atoms with Gasteiger partial charge in [-0.05, 0) is 39.3 Å². The minimum atomic E-state index is 0.175. The third kappa shape index (κ3) is 5.05.